The van der Waals surface area contributed by atoms with Gasteiger partial charge in [-0.2, -0.15) is 0 Å². The molecule has 0 heterocycles. The van der Waals surface area contributed by atoms with E-state index in [-0.39, 0.29) is 0 Å². The first kappa shape index (κ1) is 38.5. The Bertz CT molecular complexity index is 1410. The minimum atomic E-state index is 0.533. The summed E-state index contributed by atoms with van der Waals surface area (Å²) in [7, 11) is 0. The van der Waals surface area contributed by atoms with Gasteiger partial charge in [0.1, 0.15) is 0 Å². The number of fused-ring (bicyclic) bond motifs is 4. The molecule has 8 nitrogen and oxygen atoms in total. The van der Waals surface area contributed by atoms with Crippen molar-refractivity contribution in [2.75, 3.05) is 52.9 Å². The molecule has 0 bridgehead atoms. The third-order valence-electron chi connectivity index (χ3n) is 8.99. The van der Waals surface area contributed by atoms with Gasteiger partial charge in [-0.25, -0.2) is 0 Å². The van der Waals surface area contributed by atoms with Crippen molar-refractivity contribution in [3.63, 3.8) is 0 Å². The van der Waals surface area contributed by atoms with E-state index in [1.165, 1.54) is 0 Å². The molecule has 4 aromatic carbocycles. The molecular weight excluding hydrogens is 656 g/mol. The summed E-state index contributed by atoms with van der Waals surface area (Å²) in [6, 6.07) is 17.2. The standard InChI is InChI=1S/C44H56O8/c1-9-45-37-21-29-17-31-23-39(47-11-3)41(49-13-5)25-33(31)19-35-27-43(51-15-7)44(52-16-8)28-36(35)20-34-26-42(50-14-6)40(48-12-4)24-32(34)18-30(29)22-38(37)46-10-2/h21-28H,9-20H2,1-8H3. The zero-order valence-electron chi connectivity index (χ0n) is 32.4. The lowest BCUT2D eigenvalue weighted by atomic mass is 9.85. The van der Waals surface area contributed by atoms with Crippen molar-refractivity contribution in [2.45, 2.75) is 81.1 Å². The van der Waals surface area contributed by atoms with Gasteiger partial charge in [0, 0.05) is 0 Å². The Morgan fingerprint density at radius 3 is 0.462 bits per heavy atom. The van der Waals surface area contributed by atoms with Crippen LogP contribution in [-0.4, -0.2) is 52.9 Å². The molecule has 0 atom stereocenters. The van der Waals surface area contributed by atoms with Gasteiger partial charge >= 0.3 is 0 Å². The zero-order chi connectivity index (χ0) is 37.0. The lowest BCUT2D eigenvalue weighted by Gasteiger charge is -2.24. The molecule has 0 unspecified atom stereocenters. The van der Waals surface area contributed by atoms with E-state index in [4.69, 9.17) is 37.9 Å². The fourth-order valence-corrected chi connectivity index (χ4v) is 6.86. The van der Waals surface area contributed by atoms with Gasteiger partial charge < -0.3 is 37.9 Å². The van der Waals surface area contributed by atoms with Gasteiger partial charge in [-0.05, 0) is 174 Å². The van der Waals surface area contributed by atoms with E-state index >= 15 is 0 Å². The molecule has 5 rings (SSSR count). The molecule has 1 aliphatic carbocycles. The lowest BCUT2D eigenvalue weighted by Crippen LogP contribution is -2.11. The van der Waals surface area contributed by atoms with Gasteiger partial charge in [0.05, 0.1) is 52.9 Å². The molecule has 0 amide bonds. The first-order valence-electron chi connectivity index (χ1n) is 19.0. The van der Waals surface area contributed by atoms with Crippen LogP contribution in [0.3, 0.4) is 0 Å². The quantitative estimate of drug-likeness (QED) is 0.100. The maximum Gasteiger partial charge on any atom is 0.161 e. The van der Waals surface area contributed by atoms with E-state index in [2.05, 4.69) is 48.5 Å². The molecule has 1 aliphatic rings. The van der Waals surface area contributed by atoms with Crippen LogP contribution in [0.4, 0.5) is 0 Å². The van der Waals surface area contributed by atoms with Crippen LogP contribution in [0.1, 0.15) is 99.9 Å². The molecule has 0 aliphatic heterocycles. The van der Waals surface area contributed by atoms with Gasteiger partial charge in [0.25, 0.3) is 0 Å². The molecule has 0 saturated heterocycles. The summed E-state index contributed by atoms with van der Waals surface area (Å²) in [5, 5.41) is 0. The van der Waals surface area contributed by atoms with E-state index in [9.17, 15) is 0 Å². The third-order valence-corrected chi connectivity index (χ3v) is 8.99. The fraction of sp³-hybridized carbons (Fsp3) is 0.455. The van der Waals surface area contributed by atoms with Gasteiger partial charge in [0.15, 0.2) is 46.0 Å². The molecule has 8 heteroatoms. The topological polar surface area (TPSA) is 73.8 Å². The van der Waals surface area contributed by atoms with Crippen LogP contribution in [0.2, 0.25) is 0 Å². The highest BCUT2D eigenvalue weighted by Crippen LogP contribution is 2.42. The lowest BCUT2D eigenvalue weighted by molar-refractivity contribution is 0.286. The molecule has 0 spiro atoms. The summed E-state index contributed by atoms with van der Waals surface area (Å²) in [5.41, 5.74) is 9.22. The van der Waals surface area contributed by atoms with Crippen molar-refractivity contribution in [3.8, 4) is 46.0 Å². The van der Waals surface area contributed by atoms with Crippen LogP contribution < -0.4 is 37.9 Å². The van der Waals surface area contributed by atoms with E-state index in [0.29, 0.717) is 78.5 Å². The third kappa shape index (κ3) is 9.01. The Labute approximate surface area is 310 Å². The first-order chi connectivity index (χ1) is 25.4. The van der Waals surface area contributed by atoms with Crippen LogP contribution in [0.5, 0.6) is 46.0 Å². The van der Waals surface area contributed by atoms with Crippen LogP contribution in [0.15, 0.2) is 48.5 Å². The van der Waals surface area contributed by atoms with Crippen molar-refractivity contribution in [3.05, 3.63) is 93.0 Å². The van der Waals surface area contributed by atoms with E-state index in [1.807, 2.05) is 55.4 Å². The predicted molar refractivity (Wildman–Crippen MR) is 206 cm³/mol. The maximum absolute atomic E-state index is 6.17. The number of rotatable bonds is 16. The van der Waals surface area contributed by atoms with Crippen LogP contribution >= 0.6 is 0 Å². The fourth-order valence-electron chi connectivity index (χ4n) is 6.86. The Hall–Kier alpha value is -4.72. The Morgan fingerprint density at radius 2 is 0.365 bits per heavy atom. The molecule has 0 aromatic heterocycles. The van der Waals surface area contributed by atoms with Gasteiger partial charge in [-0.15, -0.1) is 0 Å². The number of hydrogen-bond donors (Lipinski definition) is 0. The summed E-state index contributed by atoms with van der Waals surface area (Å²) in [5.74, 6) is 5.92. The van der Waals surface area contributed by atoms with Crippen molar-refractivity contribution >= 4 is 0 Å². The highest BCUT2D eigenvalue weighted by atomic mass is 16.5. The number of ether oxygens (including phenoxy) is 8. The SMILES string of the molecule is CCOc1cc2c(cc1OCC)Cc1cc(OCC)c(OCC)cc1Cc1cc(OCC)c(OCC)cc1Cc1cc(OCC)c(OCC)cc1C2. The van der Waals surface area contributed by atoms with Gasteiger partial charge in [-0.1, -0.05) is 0 Å². The number of benzene rings is 4. The van der Waals surface area contributed by atoms with Crippen molar-refractivity contribution in [1.29, 1.82) is 0 Å². The maximum atomic E-state index is 6.17. The molecular formula is C44H56O8. The van der Waals surface area contributed by atoms with Gasteiger partial charge in [0.2, 0.25) is 0 Å². The molecule has 52 heavy (non-hydrogen) atoms. The predicted octanol–water partition coefficient (Wildman–Crippen LogP) is 9.55. The van der Waals surface area contributed by atoms with Crippen LogP contribution in [0, 0.1) is 0 Å². The minimum Gasteiger partial charge on any atom is -0.490 e. The van der Waals surface area contributed by atoms with Gasteiger partial charge in [-0.3, -0.25) is 0 Å². The van der Waals surface area contributed by atoms with Crippen molar-refractivity contribution < 1.29 is 37.9 Å². The van der Waals surface area contributed by atoms with Crippen LogP contribution in [-0.2, 0) is 25.7 Å². The molecule has 0 N–H and O–H groups in total. The molecule has 0 saturated carbocycles. The summed E-state index contributed by atoms with van der Waals surface area (Å²) < 4.78 is 49.4. The second-order valence-electron chi connectivity index (χ2n) is 12.4. The van der Waals surface area contributed by atoms with Crippen molar-refractivity contribution in [1.82, 2.24) is 0 Å². The molecule has 4 aromatic rings. The minimum absolute atomic E-state index is 0.533. The molecule has 0 radical (unpaired) electrons. The summed E-state index contributed by atoms with van der Waals surface area (Å²) >= 11 is 0. The highest BCUT2D eigenvalue weighted by Gasteiger charge is 2.23. The average molecular weight is 713 g/mol. The Balaban J connectivity index is 1.84. The van der Waals surface area contributed by atoms with Crippen LogP contribution in [0.25, 0.3) is 0 Å². The Kier molecular flexibility index (Phi) is 13.8. The van der Waals surface area contributed by atoms with E-state index in [1.54, 1.807) is 0 Å². The second-order valence-corrected chi connectivity index (χ2v) is 12.4. The molecule has 0 fully saturated rings. The summed E-state index contributed by atoms with van der Waals surface area (Å²) in [6.07, 6.45) is 2.61. The smallest absolute Gasteiger partial charge is 0.161 e. The van der Waals surface area contributed by atoms with E-state index < -0.39 is 0 Å². The summed E-state index contributed by atoms with van der Waals surface area (Å²) in [4.78, 5) is 0. The zero-order valence-corrected chi connectivity index (χ0v) is 32.4. The first-order valence-corrected chi connectivity index (χ1v) is 19.0. The second kappa shape index (κ2) is 18.7. The highest BCUT2D eigenvalue weighted by molar-refractivity contribution is 5.59. The average Bonchev–Trinajstić information content (AvgIpc) is 3.11. The molecule has 280 valence electrons. The van der Waals surface area contributed by atoms with E-state index in [0.717, 1.165) is 90.5 Å². The Morgan fingerprint density at radius 1 is 0.250 bits per heavy atom. The largest absolute Gasteiger partial charge is 0.490 e. The number of hydrogen-bond acceptors (Lipinski definition) is 8. The monoisotopic (exact) mass is 712 g/mol. The normalized spacial score (nSPS) is 12.2. The van der Waals surface area contributed by atoms with Crippen molar-refractivity contribution in [2.24, 2.45) is 0 Å². The summed E-state index contributed by atoms with van der Waals surface area (Å²) in [6.45, 7) is 20.3.